The van der Waals surface area contributed by atoms with Gasteiger partial charge < -0.3 is 10.6 Å². The molecule has 0 aliphatic heterocycles. The molecule has 0 radical (unpaired) electrons. The first-order valence-corrected chi connectivity index (χ1v) is 6.95. The molecule has 1 fully saturated rings. The van der Waals surface area contributed by atoms with Crippen LogP contribution in [0.3, 0.4) is 0 Å². The fraction of sp³-hybridized carbons (Fsp3) is 0.583. The molecule has 1 aromatic heterocycles. The number of hydrogen-bond acceptors (Lipinski definition) is 3. The number of thiophene rings is 1. The molecule has 2 rings (SSSR count). The summed E-state index contributed by atoms with van der Waals surface area (Å²) in [6, 6.07) is 3.81. The lowest BCUT2D eigenvalue weighted by molar-refractivity contribution is -0.132. The summed E-state index contributed by atoms with van der Waals surface area (Å²) in [5.41, 5.74) is 5.84. The van der Waals surface area contributed by atoms with Gasteiger partial charge in [0.2, 0.25) is 5.91 Å². The van der Waals surface area contributed by atoms with Crippen molar-refractivity contribution in [3.63, 3.8) is 0 Å². The van der Waals surface area contributed by atoms with Crippen LogP contribution in [0, 0.1) is 0 Å². The molecule has 1 amide bonds. The summed E-state index contributed by atoms with van der Waals surface area (Å²) < 4.78 is 0.759. The van der Waals surface area contributed by atoms with Crippen LogP contribution in [0.2, 0.25) is 4.34 Å². The SMILES string of the molecule is CN(Cc1ccc(Cl)s1)C(=O)CC1(N)CCC1. The molecule has 0 aromatic carbocycles. The van der Waals surface area contributed by atoms with Gasteiger partial charge in [0.25, 0.3) is 0 Å². The van der Waals surface area contributed by atoms with E-state index in [2.05, 4.69) is 0 Å². The third-order valence-corrected chi connectivity index (χ3v) is 4.52. The van der Waals surface area contributed by atoms with Crippen LogP contribution >= 0.6 is 22.9 Å². The Morgan fingerprint density at radius 1 is 1.59 bits per heavy atom. The summed E-state index contributed by atoms with van der Waals surface area (Å²) >= 11 is 7.37. The first-order chi connectivity index (χ1) is 7.98. The molecule has 1 saturated carbocycles. The Morgan fingerprint density at radius 3 is 2.76 bits per heavy atom. The normalized spacial score (nSPS) is 17.6. The van der Waals surface area contributed by atoms with Crippen LogP contribution in [0.4, 0.5) is 0 Å². The van der Waals surface area contributed by atoms with Crippen LogP contribution in [-0.2, 0) is 11.3 Å². The van der Waals surface area contributed by atoms with E-state index in [-0.39, 0.29) is 11.4 Å². The number of hydrogen-bond donors (Lipinski definition) is 1. The Labute approximate surface area is 111 Å². The Balaban J connectivity index is 1.86. The summed E-state index contributed by atoms with van der Waals surface area (Å²) in [4.78, 5) is 14.8. The van der Waals surface area contributed by atoms with Crippen LogP contribution < -0.4 is 5.73 Å². The van der Waals surface area contributed by atoms with Crippen molar-refractivity contribution in [3.8, 4) is 0 Å². The number of rotatable bonds is 4. The Kier molecular flexibility index (Phi) is 3.76. The van der Waals surface area contributed by atoms with Crippen LogP contribution in [-0.4, -0.2) is 23.4 Å². The third kappa shape index (κ3) is 3.21. The maximum Gasteiger partial charge on any atom is 0.224 e. The quantitative estimate of drug-likeness (QED) is 0.916. The summed E-state index contributed by atoms with van der Waals surface area (Å²) in [5.74, 6) is 0.122. The zero-order chi connectivity index (χ0) is 12.5. The molecular weight excluding hydrogens is 256 g/mol. The minimum absolute atomic E-state index is 0.122. The highest BCUT2D eigenvalue weighted by atomic mass is 35.5. The van der Waals surface area contributed by atoms with E-state index in [1.165, 1.54) is 11.3 Å². The molecule has 1 aromatic rings. The predicted molar refractivity (Wildman–Crippen MR) is 71.2 cm³/mol. The largest absolute Gasteiger partial charge is 0.341 e. The molecule has 1 aliphatic rings. The lowest BCUT2D eigenvalue weighted by Gasteiger charge is -2.38. The van der Waals surface area contributed by atoms with Crippen molar-refractivity contribution in [1.29, 1.82) is 0 Å². The second-order valence-corrected chi connectivity index (χ2v) is 6.65. The summed E-state index contributed by atoms with van der Waals surface area (Å²) in [5, 5.41) is 0. The van der Waals surface area contributed by atoms with Crippen molar-refractivity contribution in [1.82, 2.24) is 4.90 Å². The fourth-order valence-corrected chi connectivity index (χ4v) is 3.14. The molecule has 3 nitrogen and oxygen atoms in total. The van der Waals surface area contributed by atoms with Crippen molar-refractivity contribution in [3.05, 3.63) is 21.3 Å². The van der Waals surface area contributed by atoms with Gasteiger partial charge in [0.15, 0.2) is 0 Å². The van der Waals surface area contributed by atoms with E-state index in [0.717, 1.165) is 28.5 Å². The standard InChI is InChI=1S/C12H17ClN2OS/c1-15(8-9-3-4-10(13)17-9)11(16)7-12(14)5-2-6-12/h3-4H,2,5-8,14H2,1H3. The molecule has 0 spiro atoms. The van der Waals surface area contributed by atoms with E-state index >= 15 is 0 Å². The molecule has 94 valence electrons. The molecule has 0 saturated heterocycles. The van der Waals surface area contributed by atoms with Gasteiger partial charge in [0, 0.05) is 23.9 Å². The summed E-state index contributed by atoms with van der Waals surface area (Å²) in [6.07, 6.45) is 3.55. The van der Waals surface area contributed by atoms with Gasteiger partial charge in [-0.3, -0.25) is 4.79 Å². The molecule has 0 atom stereocenters. The number of nitrogens with zero attached hydrogens (tertiary/aromatic N) is 1. The average molecular weight is 273 g/mol. The average Bonchev–Trinajstić information content (AvgIpc) is 2.61. The first kappa shape index (κ1) is 12.9. The third-order valence-electron chi connectivity index (χ3n) is 3.30. The number of carbonyl (C=O) groups excluding carboxylic acids is 1. The highest BCUT2D eigenvalue weighted by Crippen LogP contribution is 2.32. The second-order valence-electron chi connectivity index (χ2n) is 4.85. The van der Waals surface area contributed by atoms with Gasteiger partial charge in [-0.1, -0.05) is 11.6 Å². The number of carbonyl (C=O) groups is 1. The van der Waals surface area contributed by atoms with Gasteiger partial charge in [-0.15, -0.1) is 11.3 Å². The van der Waals surface area contributed by atoms with Crippen molar-refractivity contribution in [2.45, 2.75) is 37.8 Å². The molecule has 2 N–H and O–H groups in total. The molecule has 1 aliphatic carbocycles. The monoisotopic (exact) mass is 272 g/mol. The maximum absolute atomic E-state index is 12.0. The van der Waals surface area contributed by atoms with E-state index in [1.807, 2.05) is 19.2 Å². The van der Waals surface area contributed by atoms with Crippen molar-refractivity contribution in [2.24, 2.45) is 5.73 Å². The zero-order valence-electron chi connectivity index (χ0n) is 9.91. The van der Waals surface area contributed by atoms with Crippen LogP contribution in [0.5, 0.6) is 0 Å². The lowest BCUT2D eigenvalue weighted by atomic mass is 9.75. The number of halogens is 1. The minimum Gasteiger partial charge on any atom is -0.341 e. The van der Waals surface area contributed by atoms with Crippen LogP contribution in [0.1, 0.15) is 30.6 Å². The first-order valence-electron chi connectivity index (χ1n) is 5.76. The Morgan fingerprint density at radius 2 is 2.29 bits per heavy atom. The smallest absolute Gasteiger partial charge is 0.224 e. The number of nitrogens with two attached hydrogens (primary N) is 1. The summed E-state index contributed by atoms with van der Waals surface area (Å²) in [7, 11) is 1.82. The minimum atomic E-state index is -0.238. The van der Waals surface area contributed by atoms with Crippen LogP contribution in [0.25, 0.3) is 0 Å². The molecule has 0 bridgehead atoms. The lowest BCUT2D eigenvalue weighted by Crippen LogP contribution is -2.50. The fourth-order valence-electron chi connectivity index (χ4n) is 2.00. The molecule has 1 heterocycles. The van der Waals surface area contributed by atoms with Crippen LogP contribution in [0.15, 0.2) is 12.1 Å². The highest BCUT2D eigenvalue weighted by Gasteiger charge is 2.35. The molecule has 17 heavy (non-hydrogen) atoms. The second kappa shape index (κ2) is 4.96. The summed E-state index contributed by atoms with van der Waals surface area (Å²) in [6.45, 7) is 0.617. The predicted octanol–water partition coefficient (Wildman–Crippen LogP) is 2.63. The topological polar surface area (TPSA) is 46.3 Å². The number of amides is 1. The van der Waals surface area contributed by atoms with E-state index in [9.17, 15) is 4.79 Å². The van der Waals surface area contributed by atoms with E-state index in [4.69, 9.17) is 17.3 Å². The van der Waals surface area contributed by atoms with Crippen molar-refractivity contribution in [2.75, 3.05) is 7.05 Å². The van der Waals surface area contributed by atoms with Gasteiger partial charge in [-0.2, -0.15) is 0 Å². The van der Waals surface area contributed by atoms with Gasteiger partial charge in [-0.05, 0) is 31.4 Å². The van der Waals surface area contributed by atoms with Gasteiger partial charge >= 0.3 is 0 Å². The van der Waals surface area contributed by atoms with E-state index in [0.29, 0.717) is 13.0 Å². The van der Waals surface area contributed by atoms with Crippen molar-refractivity contribution < 1.29 is 4.79 Å². The molecule has 0 unspecified atom stereocenters. The maximum atomic E-state index is 12.0. The van der Waals surface area contributed by atoms with Crippen molar-refractivity contribution >= 4 is 28.8 Å². The van der Waals surface area contributed by atoms with Gasteiger partial charge in [0.1, 0.15) is 0 Å². The Hall–Kier alpha value is -0.580. The zero-order valence-corrected chi connectivity index (χ0v) is 11.5. The Bertz CT molecular complexity index is 414. The van der Waals surface area contributed by atoms with E-state index < -0.39 is 0 Å². The van der Waals surface area contributed by atoms with E-state index in [1.54, 1.807) is 4.90 Å². The molecule has 5 heteroatoms. The highest BCUT2D eigenvalue weighted by molar-refractivity contribution is 7.16. The van der Waals surface area contributed by atoms with Gasteiger partial charge in [0.05, 0.1) is 10.9 Å². The molecular formula is C12H17ClN2OS. The van der Waals surface area contributed by atoms with Gasteiger partial charge in [-0.25, -0.2) is 0 Å².